The maximum atomic E-state index is 12.4. The van der Waals surface area contributed by atoms with E-state index in [2.05, 4.69) is 5.32 Å². The lowest BCUT2D eigenvalue weighted by atomic mass is 10.1. The number of halogens is 1. The number of carbonyl (C=O) groups is 1. The van der Waals surface area contributed by atoms with E-state index in [1.54, 1.807) is 24.3 Å². The van der Waals surface area contributed by atoms with Crippen LogP contribution in [0.2, 0.25) is 5.02 Å². The molecule has 0 aliphatic carbocycles. The molecule has 0 bridgehead atoms. The Balaban J connectivity index is 2.22. The number of hydrogen-bond donors (Lipinski definition) is 2. The van der Waals surface area contributed by atoms with Crippen molar-refractivity contribution in [1.29, 1.82) is 0 Å². The number of carbonyl (C=O) groups excluding carboxylic acids is 1. The highest BCUT2D eigenvalue weighted by molar-refractivity contribution is 6.30. The molecule has 0 saturated carbocycles. The molecule has 21 heavy (non-hydrogen) atoms. The first-order valence-corrected chi connectivity index (χ1v) is 6.89. The molecule has 0 aliphatic rings. The Hall–Kier alpha value is -2.20. The second kappa shape index (κ2) is 6.50. The summed E-state index contributed by atoms with van der Waals surface area (Å²) in [4.78, 5) is 12.4. The van der Waals surface area contributed by atoms with E-state index in [0.29, 0.717) is 22.0 Å². The third-order valence-corrected chi connectivity index (χ3v) is 3.44. The van der Waals surface area contributed by atoms with Gasteiger partial charge in [-0.25, -0.2) is 0 Å². The summed E-state index contributed by atoms with van der Waals surface area (Å²) < 4.78 is 5.19. The van der Waals surface area contributed by atoms with Crippen LogP contribution in [0.15, 0.2) is 42.5 Å². The Morgan fingerprint density at radius 1 is 1.29 bits per heavy atom. The van der Waals surface area contributed by atoms with E-state index >= 15 is 0 Å². The van der Waals surface area contributed by atoms with Gasteiger partial charge < -0.3 is 15.8 Å². The van der Waals surface area contributed by atoms with Crippen LogP contribution in [0.1, 0.15) is 28.9 Å². The summed E-state index contributed by atoms with van der Waals surface area (Å²) >= 11 is 5.96. The molecule has 5 heteroatoms. The van der Waals surface area contributed by atoms with Gasteiger partial charge in [0, 0.05) is 10.7 Å². The number of nitrogens with two attached hydrogens (primary N) is 1. The molecule has 0 aliphatic heterocycles. The molecule has 2 rings (SSSR count). The first kappa shape index (κ1) is 15.2. The number of anilines is 1. The van der Waals surface area contributed by atoms with Crippen LogP contribution in [-0.4, -0.2) is 13.0 Å². The Labute approximate surface area is 128 Å². The lowest BCUT2D eigenvalue weighted by Gasteiger charge is -2.17. The fourth-order valence-corrected chi connectivity index (χ4v) is 2.29. The number of amides is 1. The van der Waals surface area contributed by atoms with Gasteiger partial charge in [-0.3, -0.25) is 4.79 Å². The van der Waals surface area contributed by atoms with Crippen LogP contribution in [0.3, 0.4) is 0 Å². The number of hydrogen-bond acceptors (Lipinski definition) is 3. The predicted molar refractivity (Wildman–Crippen MR) is 84.7 cm³/mol. The minimum atomic E-state index is -0.280. The van der Waals surface area contributed by atoms with Crippen molar-refractivity contribution in [3.63, 3.8) is 0 Å². The fourth-order valence-electron chi connectivity index (χ4n) is 2.09. The molecule has 3 N–H and O–H groups in total. The molecule has 0 radical (unpaired) electrons. The smallest absolute Gasteiger partial charge is 0.257 e. The minimum absolute atomic E-state index is 0.194. The third-order valence-electron chi connectivity index (χ3n) is 3.20. The summed E-state index contributed by atoms with van der Waals surface area (Å²) in [5.74, 6) is 0.170. The molecule has 0 heterocycles. The van der Waals surface area contributed by atoms with Crippen molar-refractivity contribution in [2.75, 3.05) is 12.8 Å². The Bertz CT molecular complexity index is 658. The highest BCUT2D eigenvalue weighted by Gasteiger charge is 2.18. The number of nitrogens with one attached hydrogen (secondary N) is 1. The first-order valence-electron chi connectivity index (χ1n) is 6.51. The monoisotopic (exact) mass is 304 g/mol. The van der Waals surface area contributed by atoms with Gasteiger partial charge in [-0.1, -0.05) is 29.8 Å². The molecular formula is C16H17ClN2O2. The van der Waals surface area contributed by atoms with Crippen LogP contribution < -0.4 is 15.8 Å². The van der Waals surface area contributed by atoms with Gasteiger partial charge in [0.05, 0.1) is 13.2 Å². The molecule has 1 atom stereocenters. The van der Waals surface area contributed by atoms with Crippen LogP contribution in [-0.2, 0) is 0 Å². The van der Waals surface area contributed by atoms with Gasteiger partial charge in [0.1, 0.15) is 11.3 Å². The molecule has 1 amide bonds. The van der Waals surface area contributed by atoms with Crippen LogP contribution in [0, 0.1) is 0 Å². The minimum Gasteiger partial charge on any atom is -0.496 e. The number of ether oxygens (including phenoxy) is 1. The average Bonchev–Trinajstić information content (AvgIpc) is 2.46. The lowest BCUT2D eigenvalue weighted by molar-refractivity contribution is 0.0938. The van der Waals surface area contributed by atoms with Gasteiger partial charge in [-0.2, -0.15) is 0 Å². The quantitative estimate of drug-likeness (QED) is 0.851. The van der Waals surface area contributed by atoms with Gasteiger partial charge in [-0.05, 0) is 36.8 Å². The zero-order valence-corrected chi connectivity index (χ0v) is 12.6. The number of nitrogen functional groups attached to an aromatic ring is 1. The molecule has 4 nitrogen and oxygen atoms in total. The van der Waals surface area contributed by atoms with Crippen molar-refractivity contribution in [2.45, 2.75) is 13.0 Å². The van der Waals surface area contributed by atoms with Gasteiger partial charge in [0.15, 0.2) is 0 Å². The first-order chi connectivity index (χ1) is 10.0. The van der Waals surface area contributed by atoms with Crippen molar-refractivity contribution in [3.05, 3.63) is 58.6 Å². The predicted octanol–water partition coefficient (Wildman–Crippen LogP) is 3.42. The van der Waals surface area contributed by atoms with Gasteiger partial charge in [-0.15, -0.1) is 0 Å². The van der Waals surface area contributed by atoms with E-state index in [1.807, 2.05) is 25.1 Å². The van der Waals surface area contributed by atoms with Gasteiger partial charge in [0.2, 0.25) is 0 Å². The van der Waals surface area contributed by atoms with E-state index < -0.39 is 0 Å². The summed E-state index contributed by atoms with van der Waals surface area (Å²) in [5.41, 5.74) is 7.52. The molecule has 0 spiro atoms. The van der Waals surface area contributed by atoms with E-state index in [1.165, 1.54) is 7.11 Å². The zero-order valence-electron chi connectivity index (χ0n) is 11.9. The van der Waals surface area contributed by atoms with E-state index in [9.17, 15) is 4.79 Å². The molecule has 2 aromatic carbocycles. The van der Waals surface area contributed by atoms with E-state index in [-0.39, 0.29) is 11.9 Å². The molecular weight excluding hydrogens is 288 g/mol. The van der Waals surface area contributed by atoms with Crippen molar-refractivity contribution in [3.8, 4) is 5.75 Å². The third kappa shape index (κ3) is 3.47. The molecule has 2 aromatic rings. The fraction of sp³-hybridized carbons (Fsp3) is 0.188. The van der Waals surface area contributed by atoms with Crippen molar-refractivity contribution < 1.29 is 9.53 Å². The molecule has 0 aromatic heterocycles. The van der Waals surface area contributed by atoms with Crippen LogP contribution in [0.5, 0.6) is 5.75 Å². The Morgan fingerprint density at radius 2 is 2.00 bits per heavy atom. The maximum Gasteiger partial charge on any atom is 0.257 e. The van der Waals surface area contributed by atoms with Crippen LogP contribution in [0.4, 0.5) is 5.69 Å². The lowest BCUT2D eigenvalue weighted by Crippen LogP contribution is -2.27. The molecule has 110 valence electrons. The zero-order chi connectivity index (χ0) is 15.4. The Morgan fingerprint density at radius 3 is 2.67 bits per heavy atom. The van der Waals surface area contributed by atoms with Crippen LogP contribution in [0.25, 0.3) is 0 Å². The number of benzene rings is 2. The summed E-state index contributed by atoms with van der Waals surface area (Å²) in [7, 11) is 1.51. The van der Waals surface area contributed by atoms with Crippen molar-refractivity contribution in [2.24, 2.45) is 0 Å². The molecule has 0 saturated heterocycles. The summed E-state index contributed by atoms with van der Waals surface area (Å²) in [6.07, 6.45) is 0. The van der Waals surface area contributed by atoms with E-state index in [4.69, 9.17) is 22.1 Å². The summed E-state index contributed by atoms with van der Waals surface area (Å²) in [6, 6.07) is 12.3. The highest BCUT2D eigenvalue weighted by Crippen LogP contribution is 2.25. The number of methoxy groups -OCH3 is 1. The normalized spacial score (nSPS) is 11.8. The SMILES string of the molecule is COc1cccc(N)c1C(=O)NC(C)c1cccc(Cl)c1. The Kier molecular flexibility index (Phi) is 4.70. The van der Waals surface area contributed by atoms with Crippen molar-refractivity contribution in [1.82, 2.24) is 5.32 Å². The largest absolute Gasteiger partial charge is 0.496 e. The average molecular weight is 305 g/mol. The summed E-state index contributed by atoms with van der Waals surface area (Å²) in [6.45, 7) is 1.88. The molecule has 1 unspecified atom stereocenters. The second-order valence-corrected chi connectivity index (χ2v) is 5.11. The second-order valence-electron chi connectivity index (χ2n) is 4.67. The standard InChI is InChI=1S/C16H17ClN2O2/c1-10(11-5-3-6-12(17)9-11)19-16(20)15-13(18)7-4-8-14(15)21-2/h3-10H,18H2,1-2H3,(H,19,20). The van der Waals surface area contributed by atoms with Gasteiger partial charge >= 0.3 is 0 Å². The van der Waals surface area contributed by atoms with Crippen LogP contribution >= 0.6 is 11.6 Å². The number of rotatable bonds is 4. The highest BCUT2D eigenvalue weighted by atomic mass is 35.5. The maximum absolute atomic E-state index is 12.4. The van der Waals surface area contributed by atoms with Gasteiger partial charge in [0.25, 0.3) is 5.91 Å². The van der Waals surface area contributed by atoms with E-state index in [0.717, 1.165) is 5.56 Å². The van der Waals surface area contributed by atoms with Crippen molar-refractivity contribution >= 4 is 23.2 Å². The topological polar surface area (TPSA) is 64.3 Å². The molecule has 0 fully saturated rings. The summed E-state index contributed by atoms with van der Waals surface area (Å²) in [5, 5.41) is 3.53.